The number of amides is 1. The molecule has 0 aromatic heterocycles. The molecule has 4 nitrogen and oxygen atoms in total. The molecule has 0 aromatic carbocycles. The Balaban J connectivity index is 2.10. The first-order valence-corrected chi connectivity index (χ1v) is 4.23. The zero-order chi connectivity index (χ0) is 8.72. The number of fused-ring (bicyclic) bond motifs is 1. The van der Waals surface area contributed by atoms with E-state index in [1.165, 1.54) is 0 Å². The summed E-state index contributed by atoms with van der Waals surface area (Å²) >= 11 is 0. The Bertz CT molecular complexity index is 206. The maximum Gasteiger partial charge on any atom is 0.410 e. The van der Waals surface area contributed by atoms with Crippen LogP contribution in [0.2, 0.25) is 0 Å². The SMILES string of the molecule is C[C@@H]1C[C@H]2[C@H](CO1)OC(=O)N2C. The Hall–Kier alpha value is -0.770. The number of carbonyl (C=O) groups excluding carboxylic acids is 1. The highest BCUT2D eigenvalue weighted by Crippen LogP contribution is 2.26. The fraction of sp³-hybridized carbons (Fsp3) is 0.875. The van der Waals surface area contributed by atoms with Gasteiger partial charge in [0.05, 0.1) is 18.8 Å². The molecule has 3 atom stereocenters. The van der Waals surface area contributed by atoms with Gasteiger partial charge >= 0.3 is 6.09 Å². The highest BCUT2D eigenvalue weighted by atomic mass is 16.6. The normalized spacial score (nSPS) is 41.0. The lowest BCUT2D eigenvalue weighted by Gasteiger charge is -2.30. The number of hydrogen-bond acceptors (Lipinski definition) is 3. The van der Waals surface area contributed by atoms with E-state index >= 15 is 0 Å². The summed E-state index contributed by atoms with van der Waals surface area (Å²) in [6.45, 7) is 2.56. The van der Waals surface area contributed by atoms with Gasteiger partial charge in [-0.25, -0.2) is 4.79 Å². The first-order chi connectivity index (χ1) is 5.68. The van der Waals surface area contributed by atoms with Gasteiger partial charge in [-0.2, -0.15) is 0 Å². The van der Waals surface area contributed by atoms with Crippen molar-refractivity contribution in [1.29, 1.82) is 0 Å². The van der Waals surface area contributed by atoms with Gasteiger partial charge in [0.1, 0.15) is 6.10 Å². The molecule has 0 spiro atoms. The van der Waals surface area contributed by atoms with Crippen LogP contribution < -0.4 is 0 Å². The van der Waals surface area contributed by atoms with Crippen molar-refractivity contribution in [2.24, 2.45) is 0 Å². The van der Waals surface area contributed by atoms with Crippen LogP contribution in [-0.4, -0.2) is 42.9 Å². The minimum Gasteiger partial charge on any atom is -0.441 e. The lowest BCUT2D eigenvalue weighted by Crippen LogP contribution is -2.43. The average molecular weight is 171 g/mol. The van der Waals surface area contributed by atoms with Crippen molar-refractivity contribution < 1.29 is 14.3 Å². The van der Waals surface area contributed by atoms with Gasteiger partial charge in [-0.05, 0) is 13.3 Å². The molecule has 0 saturated carbocycles. The number of nitrogens with zero attached hydrogens (tertiary/aromatic N) is 1. The minimum absolute atomic E-state index is 0.0429. The molecule has 2 aliphatic rings. The van der Waals surface area contributed by atoms with Crippen LogP contribution in [0.15, 0.2) is 0 Å². The maximum absolute atomic E-state index is 11.1. The molecular weight excluding hydrogens is 158 g/mol. The monoisotopic (exact) mass is 171 g/mol. The van der Waals surface area contributed by atoms with E-state index in [0.717, 1.165) is 6.42 Å². The zero-order valence-electron chi connectivity index (χ0n) is 7.32. The summed E-state index contributed by atoms with van der Waals surface area (Å²) in [5.41, 5.74) is 0. The smallest absolute Gasteiger partial charge is 0.410 e. The van der Waals surface area contributed by atoms with Gasteiger partial charge in [0.2, 0.25) is 0 Å². The van der Waals surface area contributed by atoms with Crippen LogP contribution in [0.25, 0.3) is 0 Å². The molecule has 0 aromatic rings. The summed E-state index contributed by atoms with van der Waals surface area (Å²) in [4.78, 5) is 12.8. The van der Waals surface area contributed by atoms with Crippen LogP contribution >= 0.6 is 0 Å². The lowest BCUT2D eigenvalue weighted by atomic mass is 10.0. The summed E-state index contributed by atoms with van der Waals surface area (Å²) in [5, 5.41) is 0. The zero-order valence-corrected chi connectivity index (χ0v) is 7.32. The van der Waals surface area contributed by atoms with Crippen molar-refractivity contribution in [3.05, 3.63) is 0 Å². The van der Waals surface area contributed by atoms with Crippen LogP contribution in [0.3, 0.4) is 0 Å². The summed E-state index contributed by atoms with van der Waals surface area (Å²) in [6.07, 6.45) is 0.858. The first kappa shape index (κ1) is 7.86. The third-order valence-corrected chi connectivity index (χ3v) is 2.59. The van der Waals surface area contributed by atoms with E-state index in [1.54, 1.807) is 11.9 Å². The Morgan fingerprint density at radius 1 is 1.58 bits per heavy atom. The van der Waals surface area contributed by atoms with Crippen molar-refractivity contribution in [1.82, 2.24) is 4.90 Å². The van der Waals surface area contributed by atoms with Crippen molar-refractivity contribution in [3.8, 4) is 0 Å². The molecule has 2 aliphatic heterocycles. The highest BCUT2D eigenvalue weighted by molar-refractivity contribution is 5.70. The van der Waals surface area contributed by atoms with Crippen molar-refractivity contribution in [2.45, 2.75) is 31.6 Å². The predicted octanol–water partition coefficient (Wildman–Crippen LogP) is 0.614. The molecule has 2 saturated heterocycles. The molecule has 0 radical (unpaired) electrons. The predicted molar refractivity (Wildman–Crippen MR) is 41.9 cm³/mol. The molecule has 2 rings (SSSR count). The van der Waals surface area contributed by atoms with E-state index in [4.69, 9.17) is 9.47 Å². The molecule has 1 amide bonds. The van der Waals surface area contributed by atoms with Gasteiger partial charge in [-0.15, -0.1) is 0 Å². The quantitative estimate of drug-likeness (QED) is 0.536. The molecule has 0 bridgehead atoms. The Morgan fingerprint density at radius 2 is 2.33 bits per heavy atom. The Morgan fingerprint density at radius 3 is 3.08 bits per heavy atom. The fourth-order valence-corrected chi connectivity index (χ4v) is 1.80. The van der Waals surface area contributed by atoms with Crippen LogP contribution in [0, 0.1) is 0 Å². The lowest BCUT2D eigenvalue weighted by molar-refractivity contribution is -0.0492. The Labute approximate surface area is 71.4 Å². The van der Waals surface area contributed by atoms with Gasteiger partial charge in [-0.1, -0.05) is 0 Å². The fourth-order valence-electron chi connectivity index (χ4n) is 1.80. The number of carbonyl (C=O) groups is 1. The van der Waals surface area contributed by atoms with E-state index in [0.29, 0.717) is 6.61 Å². The number of hydrogen-bond donors (Lipinski definition) is 0. The van der Waals surface area contributed by atoms with Gasteiger partial charge in [0, 0.05) is 7.05 Å². The minimum atomic E-state index is -0.220. The summed E-state index contributed by atoms with van der Waals surface area (Å²) in [6, 6.07) is 0.223. The molecule has 12 heavy (non-hydrogen) atoms. The van der Waals surface area contributed by atoms with Gasteiger partial charge in [0.25, 0.3) is 0 Å². The average Bonchev–Trinajstić information content (AvgIpc) is 2.31. The van der Waals surface area contributed by atoms with Gasteiger partial charge in [0.15, 0.2) is 0 Å². The molecule has 68 valence electrons. The third-order valence-electron chi connectivity index (χ3n) is 2.59. The number of rotatable bonds is 0. The van der Waals surface area contributed by atoms with Crippen LogP contribution in [0.1, 0.15) is 13.3 Å². The molecule has 0 unspecified atom stereocenters. The second-order valence-electron chi connectivity index (χ2n) is 3.48. The first-order valence-electron chi connectivity index (χ1n) is 4.23. The van der Waals surface area contributed by atoms with Crippen molar-refractivity contribution in [2.75, 3.05) is 13.7 Å². The van der Waals surface area contributed by atoms with Crippen molar-refractivity contribution >= 4 is 6.09 Å². The maximum atomic E-state index is 11.1. The largest absolute Gasteiger partial charge is 0.441 e. The number of likely N-dealkylation sites (N-methyl/N-ethyl adjacent to an activating group) is 1. The van der Waals surface area contributed by atoms with Gasteiger partial charge in [-0.3, -0.25) is 0 Å². The van der Waals surface area contributed by atoms with Crippen LogP contribution in [-0.2, 0) is 9.47 Å². The second kappa shape index (κ2) is 2.62. The van der Waals surface area contributed by atoms with Gasteiger partial charge < -0.3 is 14.4 Å². The second-order valence-corrected chi connectivity index (χ2v) is 3.48. The van der Waals surface area contributed by atoms with Crippen LogP contribution in [0.4, 0.5) is 4.79 Å². The highest BCUT2D eigenvalue weighted by Gasteiger charge is 2.43. The Kier molecular flexibility index (Phi) is 1.72. The topological polar surface area (TPSA) is 38.8 Å². The van der Waals surface area contributed by atoms with E-state index in [1.807, 2.05) is 6.92 Å². The third kappa shape index (κ3) is 1.06. The number of ether oxygens (including phenoxy) is 2. The molecule has 0 N–H and O–H groups in total. The molecule has 4 heteroatoms. The van der Waals surface area contributed by atoms with E-state index in [9.17, 15) is 4.79 Å². The van der Waals surface area contributed by atoms with E-state index in [-0.39, 0.29) is 24.3 Å². The van der Waals surface area contributed by atoms with Crippen LogP contribution in [0.5, 0.6) is 0 Å². The molecule has 2 heterocycles. The van der Waals surface area contributed by atoms with E-state index in [2.05, 4.69) is 0 Å². The van der Waals surface area contributed by atoms with E-state index < -0.39 is 0 Å². The molecule has 2 fully saturated rings. The molecular formula is C8H13NO3. The standard InChI is InChI=1S/C8H13NO3/c1-5-3-6-7(4-11-5)12-8(10)9(6)2/h5-7H,3-4H2,1-2H3/t5-,6+,7+/m1/s1. The summed E-state index contributed by atoms with van der Waals surface area (Å²) in [5.74, 6) is 0. The summed E-state index contributed by atoms with van der Waals surface area (Å²) < 4.78 is 10.5. The summed E-state index contributed by atoms with van der Waals surface area (Å²) in [7, 11) is 1.78. The van der Waals surface area contributed by atoms with Crippen molar-refractivity contribution in [3.63, 3.8) is 0 Å². The molecule has 0 aliphatic carbocycles.